The summed E-state index contributed by atoms with van der Waals surface area (Å²) >= 11 is 0. The molecule has 0 aromatic heterocycles. The van der Waals surface area contributed by atoms with Crippen molar-refractivity contribution in [3.63, 3.8) is 0 Å². The lowest BCUT2D eigenvalue weighted by Gasteiger charge is -2.26. The summed E-state index contributed by atoms with van der Waals surface area (Å²) in [5, 5.41) is 17.2. The van der Waals surface area contributed by atoms with Crippen molar-refractivity contribution in [1.82, 2.24) is 15.5 Å². The molecule has 0 heterocycles. The second-order valence-electron chi connectivity index (χ2n) is 5.16. The van der Waals surface area contributed by atoms with Crippen molar-refractivity contribution < 1.29 is 14.8 Å². The van der Waals surface area contributed by atoms with Gasteiger partial charge in [0, 0.05) is 27.2 Å². The first-order valence-electron chi connectivity index (χ1n) is 6.65. The normalized spacial score (nSPS) is 17.6. The number of amides is 3. The standard InChI is InChI=1S/C12H23N5O3/c1-17(2)11(19)15-8-7-14-10(18)12(9(13)16-20)5-3-4-6-12/h20H,3-8H2,1-2H3,(H2,13,16)(H,14,18)(H,15,19). The Balaban J connectivity index is 2.47. The topological polar surface area (TPSA) is 120 Å². The zero-order valence-corrected chi connectivity index (χ0v) is 12.0. The molecule has 8 nitrogen and oxygen atoms in total. The van der Waals surface area contributed by atoms with Crippen LogP contribution in [0.2, 0.25) is 0 Å². The molecule has 1 aliphatic rings. The average Bonchev–Trinajstić information content (AvgIpc) is 2.92. The van der Waals surface area contributed by atoms with Gasteiger partial charge >= 0.3 is 6.03 Å². The number of oxime groups is 1. The van der Waals surface area contributed by atoms with Crippen LogP contribution >= 0.6 is 0 Å². The Kier molecular flexibility index (Phi) is 5.60. The van der Waals surface area contributed by atoms with Crippen molar-refractivity contribution in [2.45, 2.75) is 25.7 Å². The number of carbonyl (C=O) groups is 2. The molecule has 0 spiro atoms. The molecule has 0 atom stereocenters. The van der Waals surface area contributed by atoms with Gasteiger partial charge in [0.25, 0.3) is 0 Å². The fourth-order valence-corrected chi connectivity index (χ4v) is 2.35. The number of carbonyl (C=O) groups excluding carboxylic acids is 2. The van der Waals surface area contributed by atoms with E-state index in [1.165, 1.54) is 4.90 Å². The molecule has 114 valence electrons. The molecule has 3 amide bonds. The third-order valence-corrected chi connectivity index (χ3v) is 3.58. The Labute approximate surface area is 118 Å². The predicted molar refractivity (Wildman–Crippen MR) is 74.4 cm³/mol. The SMILES string of the molecule is CN(C)C(=O)NCCNC(=O)C1(C(N)=NO)CCCC1. The average molecular weight is 285 g/mol. The quantitative estimate of drug-likeness (QED) is 0.182. The second kappa shape index (κ2) is 6.97. The van der Waals surface area contributed by atoms with E-state index in [1.54, 1.807) is 14.1 Å². The van der Waals surface area contributed by atoms with Gasteiger partial charge in [0.15, 0.2) is 5.84 Å². The van der Waals surface area contributed by atoms with Crippen LogP contribution in [-0.4, -0.2) is 55.1 Å². The van der Waals surface area contributed by atoms with Crippen LogP contribution in [0, 0.1) is 5.41 Å². The van der Waals surface area contributed by atoms with E-state index < -0.39 is 5.41 Å². The maximum atomic E-state index is 12.2. The van der Waals surface area contributed by atoms with E-state index in [2.05, 4.69) is 15.8 Å². The third kappa shape index (κ3) is 3.52. The molecule has 5 N–H and O–H groups in total. The number of nitrogens with one attached hydrogen (secondary N) is 2. The van der Waals surface area contributed by atoms with Crippen LogP contribution < -0.4 is 16.4 Å². The van der Waals surface area contributed by atoms with Crippen molar-refractivity contribution in [2.24, 2.45) is 16.3 Å². The van der Waals surface area contributed by atoms with E-state index in [0.717, 1.165) is 12.8 Å². The van der Waals surface area contributed by atoms with Crippen LogP contribution in [0.15, 0.2) is 5.16 Å². The van der Waals surface area contributed by atoms with E-state index in [1.807, 2.05) is 0 Å². The fraction of sp³-hybridized carbons (Fsp3) is 0.750. The minimum atomic E-state index is -0.902. The summed E-state index contributed by atoms with van der Waals surface area (Å²) in [5.74, 6) is -0.283. The summed E-state index contributed by atoms with van der Waals surface area (Å²) in [5.41, 5.74) is 4.77. The molecule has 1 fully saturated rings. The van der Waals surface area contributed by atoms with Crippen LogP contribution in [0.25, 0.3) is 0 Å². The monoisotopic (exact) mass is 285 g/mol. The molecule has 0 aromatic carbocycles. The lowest BCUT2D eigenvalue weighted by Crippen LogP contribution is -2.50. The summed E-state index contributed by atoms with van der Waals surface area (Å²) in [4.78, 5) is 24.9. The Morgan fingerprint density at radius 2 is 1.80 bits per heavy atom. The molecule has 1 saturated carbocycles. The first-order chi connectivity index (χ1) is 9.44. The maximum Gasteiger partial charge on any atom is 0.316 e. The minimum absolute atomic E-state index is 0.0372. The molecule has 8 heteroatoms. The number of hydrogen-bond donors (Lipinski definition) is 4. The zero-order valence-electron chi connectivity index (χ0n) is 12.0. The highest BCUT2D eigenvalue weighted by Crippen LogP contribution is 2.38. The van der Waals surface area contributed by atoms with Crippen LogP contribution in [0.5, 0.6) is 0 Å². The predicted octanol–water partition coefficient (Wildman–Crippen LogP) is -0.319. The van der Waals surface area contributed by atoms with Gasteiger partial charge in [-0.1, -0.05) is 18.0 Å². The molecular formula is C12H23N5O3. The molecule has 0 aliphatic heterocycles. The first-order valence-corrected chi connectivity index (χ1v) is 6.65. The number of hydrogen-bond acceptors (Lipinski definition) is 4. The lowest BCUT2D eigenvalue weighted by atomic mass is 9.84. The minimum Gasteiger partial charge on any atom is -0.409 e. The number of rotatable bonds is 5. The summed E-state index contributed by atoms with van der Waals surface area (Å²) in [6.45, 7) is 0.633. The summed E-state index contributed by atoms with van der Waals surface area (Å²) in [7, 11) is 3.28. The Morgan fingerprint density at radius 3 is 2.30 bits per heavy atom. The Bertz CT molecular complexity index is 389. The van der Waals surface area contributed by atoms with Crippen LogP contribution in [0.4, 0.5) is 4.79 Å². The fourth-order valence-electron chi connectivity index (χ4n) is 2.35. The van der Waals surface area contributed by atoms with Gasteiger partial charge in [-0.15, -0.1) is 0 Å². The van der Waals surface area contributed by atoms with E-state index in [9.17, 15) is 9.59 Å². The van der Waals surface area contributed by atoms with Gasteiger partial charge in [-0.2, -0.15) is 0 Å². The van der Waals surface area contributed by atoms with E-state index in [4.69, 9.17) is 10.9 Å². The van der Waals surface area contributed by atoms with Gasteiger partial charge in [-0.05, 0) is 12.8 Å². The van der Waals surface area contributed by atoms with Gasteiger partial charge in [0.2, 0.25) is 5.91 Å². The van der Waals surface area contributed by atoms with Crippen molar-refractivity contribution >= 4 is 17.8 Å². The van der Waals surface area contributed by atoms with Crippen LogP contribution in [0.3, 0.4) is 0 Å². The summed E-state index contributed by atoms with van der Waals surface area (Å²) < 4.78 is 0. The van der Waals surface area contributed by atoms with Crippen molar-refractivity contribution in [3.8, 4) is 0 Å². The van der Waals surface area contributed by atoms with Crippen LogP contribution in [-0.2, 0) is 4.79 Å². The lowest BCUT2D eigenvalue weighted by molar-refractivity contribution is -0.127. The Morgan fingerprint density at radius 1 is 1.25 bits per heavy atom. The second-order valence-corrected chi connectivity index (χ2v) is 5.16. The molecule has 0 saturated heterocycles. The number of amidine groups is 1. The largest absolute Gasteiger partial charge is 0.409 e. The summed E-state index contributed by atoms with van der Waals surface area (Å²) in [6, 6.07) is -0.216. The van der Waals surface area contributed by atoms with Gasteiger partial charge in [-0.25, -0.2) is 4.79 Å². The zero-order chi connectivity index (χ0) is 15.2. The highest BCUT2D eigenvalue weighted by atomic mass is 16.4. The first kappa shape index (κ1) is 16.1. The number of nitrogens with two attached hydrogens (primary N) is 1. The van der Waals surface area contributed by atoms with Gasteiger partial charge in [0.05, 0.1) is 0 Å². The molecule has 20 heavy (non-hydrogen) atoms. The maximum absolute atomic E-state index is 12.2. The molecular weight excluding hydrogens is 262 g/mol. The molecule has 0 unspecified atom stereocenters. The summed E-state index contributed by atoms with van der Waals surface area (Å²) in [6.07, 6.45) is 2.92. The van der Waals surface area contributed by atoms with Gasteiger partial charge in [0.1, 0.15) is 5.41 Å². The smallest absolute Gasteiger partial charge is 0.316 e. The highest BCUT2D eigenvalue weighted by Gasteiger charge is 2.45. The molecule has 0 aromatic rings. The third-order valence-electron chi connectivity index (χ3n) is 3.58. The molecule has 1 aliphatic carbocycles. The van der Waals surface area contributed by atoms with Crippen molar-refractivity contribution in [1.29, 1.82) is 0 Å². The van der Waals surface area contributed by atoms with E-state index >= 15 is 0 Å². The van der Waals surface area contributed by atoms with Crippen molar-refractivity contribution in [3.05, 3.63) is 0 Å². The molecule has 0 radical (unpaired) electrons. The number of urea groups is 1. The molecule has 0 bridgehead atoms. The van der Waals surface area contributed by atoms with E-state index in [-0.39, 0.29) is 17.8 Å². The molecule has 1 rings (SSSR count). The van der Waals surface area contributed by atoms with Crippen molar-refractivity contribution in [2.75, 3.05) is 27.2 Å². The van der Waals surface area contributed by atoms with Gasteiger partial charge in [-0.3, -0.25) is 4.79 Å². The van der Waals surface area contributed by atoms with Crippen LogP contribution in [0.1, 0.15) is 25.7 Å². The Hall–Kier alpha value is -1.99. The number of nitrogens with zero attached hydrogens (tertiary/aromatic N) is 2. The highest BCUT2D eigenvalue weighted by molar-refractivity contribution is 6.07. The van der Waals surface area contributed by atoms with E-state index in [0.29, 0.717) is 25.9 Å². The van der Waals surface area contributed by atoms with Gasteiger partial charge < -0.3 is 26.5 Å².